The number of carbonyl (C=O) groups excluding carboxylic acids is 3. The molecule has 0 aliphatic heterocycles. The summed E-state index contributed by atoms with van der Waals surface area (Å²) in [5, 5.41) is 24.3. The Kier molecular flexibility index (Phi) is 24.2. The number of aliphatic hydroxyl groups excluding tert-OH is 1. The van der Waals surface area contributed by atoms with E-state index >= 15 is 0 Å². The third-order valence-electron chi connectivity index (χ3n) is 7.09. The van der Waals surface area contributed by atoms with Crippen LogP contribution < -0.4 is 40.0 Å². The summed E-state index contributed by atoms with van der Waals surface area (Å²) in [6.45, 7) is 9.53. The van der Waals surface area contributed by atoms with Gasteiger partial charge in [0.2, 0.25) is 5.91 Å². The largest absolute Gasteiger partial charge is 1.00 e. The second-order valence-electron chi connectivity index (χ2n) is 10.4. The van der Waals surface area contributed by atoms with Crippen LogP contribution in [0.1, 0.15) is 118 Å². The second-order valence-corrected chi connectivity index (χ2v) is 12.1. The van der Waals surface area contributed by atoms with Crippen LogP contribution in [0, 0.1) is 5.92 Å². The number of carboxylic acid groups (broad SMARTS) is 1. The molecule has 0 bridgehead atoms. The maximum atomic E-state index is 12.6. The van der Waals surface area contributed by atoms with Crippen LogP contribution in [0.5, 0.6) is 0 Å². The third-order valence-corrected chi connectivity index (χ3v) is 9.20. The van der Waals surface area contributed by atoms with Crippen molar-refractivity contribution in [2.24, 2.45) is 5.92 Å². The molecular weight excluding hydrogens is 513 g/mol. The Morgan fingerprint density at radius 3 is 2.00 bits per heavy atom. The molecule has 0 aliphatic carbocycles. The predicted molar refractivity (Wildman–Crippen MR) is 150 cm³/mol. The normalized spacial score (nSPS) is 16.1. The molecule has 216 valence electrons. The smallest absolute Gasteiger partial charge is 0.545 e. The van der Waals surface area contributed by atoms with E-state index in [4.69, 9.17) is 4.74 Å². The van der Waals surface area contributed by atoms with Crippen molar-refractivity contribution >= 4 is 29.6 Å². The number of carboxylic acids is 1. The van der Waals surface area contributed by atoms with Gasteiger partial charge < -0.3 is 25.1 Å². The van der Waals surface area contributed by atoms with Gasteiger partial charge in [0.05, 0.1) is 19.2 Å². The molecule has 2 N–H and O–H groups in total. The van der Waals surface area contributed by atoms with Crippen molar-refractivity contribution in [2.45, 2.75) is 140 Å². The average molecular weight is 566 g/mol. The van der Waals surface area contributed by atoms with E-state index in [0.29, 0.717) is 6.42 Å². The number of aliphatic hydroxyl groups is 1. The first-order valence-electron chi connectivity index (χ1n) is 14.1. The summed E-state index contributed by atoms with van der Waals surface area (Å²) in [4.78, 5) is 35.3. The molecule has 1 amide bonds. The molecule has 7 nitrogen and oxygen atoms in total. The van der Waals surface area contributed by atoms with Crippen LogP contribution in [0.3, 0.4) is 0 Å². The van der Waals surface area contributed by atoms with Crippen molar-refractivity contribution in [1.82, 2.24) is 5.32 Å². The van der Waals surface area contributed by atoms with Gasteiger partial charge >= 0.3 is 35.5 Å². The number of aliphatic carboxylic acids is 1. The molecule has 0 heterocycles. The summed E-state index contributed by atoms with van der Waals surface area (Å²) in [5.41, 5.74) is 0. The summed E-state index contributed by atoms with van der Waals surface area (Å²) < 4.78 is 4.25. The number of hydrogen-bond donors (Lipinski definition) is 2. The molecule has 0 radical (unpaired) electrons. The molecule has 0 fully saturated rings. The second kappa shape index (κ2) is 23.2. The van der Waals surface area contributed by atoms with Crippen LogP contribution in [0.25, 0.3) is 0 Å². The number of nitrogens with one attached hydrogen (secondary N) is 1. The van der Waals surface area contributed by atoms with Gasteiger partial charge in [0.1, 0.15) is 6.04 Å². The summed E-state index contributed by atoms with van der Waals surface area (Å²) in [6, 6.07) is -0.872. The Hall–Kier alpha value is -0.540. The SMILES string of the molecule is CCCCCCCCCCCCC(C)[C@H](S[C@](C)(CC)[C@H](NC(C)=O)C(=O)OC)[C@@H](O)CC=CC(=O)[O-].[Na+]. The number of unbranched alkanes of at least 4 members (excludes halogenated alkanes) is 9. The minimum atomic E-state index is -1.30. The van der Waals surface area contributed by atoms with Gasteiger partial charge in [-0.05, 0) is 38.2 Å². The monoisotopic (exact) mass is 565 g/mol. The zero-order valence-electron chi connectivity index (χ0n) is 25.1. The van der Waals surface area contributed by atoms with E-state index < -0.39 is 28.8 Å². The Balaban J connectivity index is 0. The molecule has 0 aromatic rings. The Morgan fingerprint density at radius 1 is 1.03 bits per heavy atom. The first-order chi connectivity index (χ1) is 17.5. The van der Waals surface area contributed by atoms with E-state index in [-0.39, 0.29) is 53.1 Å². The number of rotatable bonds is 22. The van der Waals surface area contributed by atoms with Crippen molar-refractivity contribution in [3.63, 3.8) is 0 Å². The molecule has 1 unspecified atom stereocenters. The summed E-state index contributed by atoms with van der Waals surface area (Å²) in [5.74, 6) is -2.04. The number of esters is 1. The fraction of sp³-hybridized carbons (Fsp3) is 0.828. The number of hydrogen-bond acceptors (Lipinski definition) is 7. The number of carbonyl (C=O) groups is 3. The minimum absolute atomic E-state index is 0. The van der Waals surface area contributed by atoms with Crippen molar-refractivity contribution in [1.29, 1.82) is 0 Å². The maximum Gasteiger partial charge on any atom is 1.00 e. The van der Waals surface area contributed by atoms with Crippen LogP contribution >= 0.6 is 11.8 Å². The molecule has 0 saturated carbocycles. The molecule has 0 aromatic heterocycles. The Bertz CT molecular complexity index is 692. The number of thioether (sulfide) groups is 1. The quantitative estimate of drug-likeness (QED) is 0.0892. The van der Waals surface area contributed by atoms with E-state index in [0.717, 1.165) is 25.3 Å². The molecule has 0 aromatic carbocycles. The van der Waals surface area contributed by atoms with Crippen LogP contribution in [0.4, 0.5) is 0 Å². The first kappa shape index (κ1) is 39.6. The molecule has 0 spiro atoms. The standard InChI is InChI=1S/C29H53NO6S.Na/c1-7-9-10-11-12-13-14-15-16-17-19-22(3)26(24(32)20-18-21-25(33)34)37-29(5,8-2)27(28(35)36-6)30-23(4)31;/h18,21-22,24,26-27,32H,7-17,19-20H2,1-6H3,(H,30,31)(H,33,34);/q;+1/p-1/t22?,24-,26-,27+,29+;/m0./s1. The van der Waals surface area contributed by atoms with Gasteiger partial charge in [-0.3, -0.25) is 4.79 Å². The van der Waals surface area contributed by atoms with E-state index in [2.05, 4.69) is 19.2 Å². The van der Waals surface area contributed by atoms with Crippen molar-refractivity contribution in [3.8, 4) is 0 Å². The summed E-state index contributed by atoms with van der Waals surface area (Å²) >= 11 is 1.48. The molecule has 0 aliphatic rings. The van der Waals surface area contributed by atoms with Gasteiger partial charge in [-0.2, -0.15) is 0 Å². The van der Waals surface area contributed by atoms with E-state index in [9.17, 15) is 24.6 Å². The topological polar surface area (TPSA) is 116 Å². The fourth-order valence-electron chi connectivity index (χ4n) is 4.58. The van der Waals surface area contributed by atoms with Crippen molar-refractivity contribution in [2.75, 3.05) is 7.11 Å². The van der Waals surface area contributed by atoms with Crippen LogP contribution in [-0.4, -0.2) is 52.2 Å². The van der Waals surface area contributed by atoms with Gasteiger partial charge in [-0.1, -0.05) is 91.1 Å². The Morgan fingerprint density at radius 2 is 1.55 bits per heavy atom. The minimum Gasteiger partial charge on any atom is -0.545 e. The number of ether oxygens (including phenoxy) is 1. The third kappa shape index (κ3) is 17.2. The molecule has 5 atom stereocenters. The van der Waals surface area contributed by atoms with Crippen LogP contribution in [0.2, 0.25) is 0 Å². The molecule has 38 heavy (non-hydrogen) atoms. The maximum absolute atomic E-state index is 12.6. The molecule has 0 rings (SSSR count). The van der Waals surface area contributed by atoms with Crippen molar-refractivity contribution in [3.05, 3.63) is 12.2 Å². The average Bonchev–Trinajstić information content (AvgIpc) is 2.85. The number of amides is 1. The zero-order valence-corrected chi connectivity index (χ0v) is 27.9. The molecule has 9 heteroatoms. The van der Waals surface area contributed by atoms with E-state index in [1.54, 1.807) is 0 Å². The van der Waals surface area contributed by atoms with Crippen molar-refractivity contribution < 1.29 is 58.9 Å². The van der Waals surface area contributed by atoms with Gasteiger partial charge in [0.15, 0.2) is 0 Å². The predicted octanol–water partition coefficient (Wildman–Crippen LogP) is 1.94. The molecule has 0 saturated heterocycles. The van der Waals surface area contributed by atoms with E-state index in [1.807, 2.05) is 13.8 Å². The first-order valence-corrected chi connectivity index (χ1v) is 15.0. The summed E-state index contributed by atoms with van der Waals surface area (Å²) in [7, 11) is 1.29. The summed E-state index contributed by atoms with van der Waals surface area (Å²) in [6.07, 6.45) is 15.7. The van der Waals surface area contributed by atoms with Gasteiger partial charge in [-0.25, -0.2) is 4.79 Å². The fourth-order valence-corrected chi connectivity index (χ4v) is 6.29. The Labute approximate surface area is 258 Å². The molecular formula is C29H52NNaO6S. The number of methoxy groups -OCH3 is 1. The zero-order chi connectivity index (χ0) is 28.3. The van der Waals surface area contributed by atoms with Crippen LogP contribution in [0.15, 0.2) is 12.2 Å². The van der Waals surface area contributed by atoms with Gasteiger partial charge in [-0.15, -0.1) is 11.8 Å². The van der Waals surface area contributed by atoms with Gasteiger partial charge in [0, 0.05) is 16.9 Å². The van der Waals surface area contributed by atoms with Gasteiger partial charge in [0.25, 0.3) is 0 Å². The van der Waals surface area contributed by atoms with E-state index in [1.165, 1.54) is 83.2 Å². The van der Waals surface area contributed by atoms with Crippen LogP contribution in [-0.2, 0) is 19.1 Å².